The maximum Gasteiger partial charge on any atom is 0.323 e. The smallest absolute Gasteiger partial charge is 0.323 e. The van der Waals surface area contributed by atoms with Gasteiger partial charge in [-0.2, -0.15) is 0 Å². The highest BCUT2D eigenvalue weighted by Crippen LogP contribution is 2.35. The van der Waals surface area contributed by atoms with Gasteiger partial charge in [-0.15, -0.1) is 0 Å². The Balaban J connectivity index is 1.23. The summed E-state index contributed by atoms with van der Waals surface area (Å²) >= 11 is 6.49. The fraction of sp³-hybridized carbons (Fsp3) is 0.300. The Bertz CT molecular complexity index is 1480. The zero-order valence-corrected chi connectivity index (χ0v) is 23.9. The van der Waals surface area contributed by atoms with Gasteiger partial charge in [-0.05, 0) is 49.9 Å². The molecule has 1 aliphatic rings. The summed E-state index contributed by atoms with van der Waals surface area (Å²) < 4.78 is 11.7. The van der Waals surface area contributed by atoms with Crippen molar-refractivity contribution in [3.63, 3.8) is 0 Å². The van der Waals surface area contributed by atoms with Gasteiger partial charge in [-0.3, -0.25) is 0 Å². The summed E-state index contributed by atoms with van der Waals surface area (Å²) in [6.07, 6.45) is 2.43. The van der Waals surface area contributed by atoms with E-state index in [9.17, 15) is 4.79 Å². The van der Waals surface area contributed by atoms with Crippen LogP contribution in [0.2, 0.25) is 5.02 Å². The summed E-state index contributed by atoms with van der Waals surface area (Å²) in [5.41, 5.74) is 2.59. The number of fused-ring (bicyclic) bond motifs is 1. The quantitative estimate of drug-likeness (QED) is 0.207. The number of likely N-dealkylation sites (N-methyl/N-ethyl adjacent to an activating group) is 1. The molecule has 1 aromatic heterocycles. The normalized spacial score (nSPS) is 14.0. The number of rotatable bonds is 10. The highest BCUT2D eigenvalue weighted by molar-refractivity contribution is 6.34. The van der Waals surface area contributed by atoms with E-state index < -0.39 is 0 Å². The molecule has 41 heavy (non-hydrogen) atoms. The lowest BCUT2D eigenvalue weighted by molar-refractivity contribution is 0.145. The van der Waals surface area contributed by atoms with Gasteiger partial charge in [0.15, 0.2) is 11.5 Å². The number of hydrogen-bond acceptors (Lipinski definition) is 8. The summed E-state index contributed by atoms with van der Waals surface area (Å²) in [4.78, 5) is 26.1. The standard InChI is InChI=1S/C30H34ClN7O3/c1-37-12-14-38(15-13-37)11-6-16-41-28-19-26-23(18-27(28)40-2)29(33-20-32-26)34-22-9-10-25(24(31)17-22)36-30(39)35-21-7-4-3-5-8-21/h3-5,7-10,17-20H,6,11-16H2,1-2H3,(H,32,33,34)(H2,35,36,39). The second-order valence-corrected chi connectivity index (χ2v) is 10.3. The molecule has 2 amide bonds. The molecular formula is C30H34ClN7O3. The number of nitrogens with zero attached hydrogens (tertiary/aromatic N) is 4. The highest BCUT2D eigenvalue weighted by Gasteiger charge is 2.15. The summed E-state index contributed by atoms with van der Waals surface area (Å²) in [5, 5.41) is 9.99. The Kier molecular flexibility index (Phi) is 9.35. The number of methoxy groups -OCH3 is 1. The maximum absolute atomic E-state index is 12.4. The van der Waals surface area contributed by atoms with E-state index in [-0.39, 0.29) is 6.03 Å². The number of halogens is 1. The van der Waals surface area contributed by atoms with Gasteiger partial charge in [0.2, 0.25) is 0 Å². The maximum atomic E-state index is 12.4. The molecule has 1 saturated heterocycles. The van der Waals surface area contributed by atoms with Crippen molar-refractivity contribution >= 4 is 51.4 Å². The molecule has 3 aromatic carbocycles. The van der Waals surface area contributed by atoms with Gasteiger partial charge in [0.25, 0.3) is 0 Å². The second-order valence-electron chi connectivity index (χ2n) is 9.85. The van der Waals surface area contributed by atoms with Gasteiger partial charge in [-0.1, -0.05) is 29.8 Å². The third kappa shape index (κ3) is 7.55. The lowest BCUT2D eigenvalue weighted by atomic mass is 10.2. The van der Waals surface area contributed by atoms with Gasteiger partial charge in [0.1, 0.15) is 12.1 Å². The van der Waals surface area contributed by atoms with E-state index >= 15 is 0 Å². The van der Waals surface area contributed by atoms with Gasteiger partial charge < -0.3 is 35.2 Å². The third-order valence-corrected chi connectivity index (χ3v) is 7.22. The monoisotopic (exact) mass is 575 g/mol. The van der Waals surface area contributed by atoms with Crippen molar-refractivity contribution in [3.05, 3.63) is 72.0 Å². The van der Waals surface area contributed by atoms with Gasteiger partial charge in [0, 0.05) is 55.6 Å². The van der Waals surface area contributed by atoms with E-state index in [0.717, 1.165) is 50.0 Å². The molecule has 214 valence electrons. The number of urea groups is 1. The van der Waals surface area contributed by atoms with E-state index in [0.29, 0.717) is 46.0 Å². The number of piperazine rings is 1. The zero-order chi connectivity index (χ0) is 28.6. The molecule has 4 aromatic rings. The molecule has 0 spiro atoms. The first-order chi connectivity index (χ1) is 20.0. The number of carbonyl (C=O) groups is 1. The molecular weight excluding hydrogens is 542 g/mol. The summed E-state index contributed by atoms with van der Waals surface area (Å²) in [6.45, 7) is 6.00. The van der Waals surface area contributed by atoms with E-state index in [2.05, 4.69) is 42.8 Å². The molecule has 10 nitrogen and oxygen atoms in total. The van der Waals surface area contributed by atoms with E-state index in [1.165, 1.54) is 6.33 Å². The highest BCUT2D eigenvalue weighted by atomic mass is 35.5. The van der Waals surface area contributed by atoms with Crippen molar-refractivity contribution < 1.29 is 14.3 Å². The molecule has 0 aliphatic carbocycles. The molecule has 0 radical (unpaired) electrons. The van der Waals surface area contributed by atoms with Crippen LogP contribution < -0.4 is 25.4 Å². The van der Waals surface area contributed by atoms with E-state index in [1.807, 2.05) is 36.4 Å². The fourth-order valence-corrected chi connectivity index (χ4v) is 4.84. The van der Waals surface area contributed by atoms with Crippen LogP contribution >= 0.6 is 11.6 Å². The minimum absolute atomic E-state index is 0.376. The Morgan fingerprint density at radius 3 is 2.51 bits per heavy atom. The lowest BCUT2D eigenvalue weighted by Gasteiger charge is -2.32. The van der Waals surface area contributed by atoms with Crippen LogP contribution in [0.5, 0.6) is 11.5 Å². The van der Waals surface area contributed by atoms with Crippen LogP contribution in [0.1, 0.15) is 6.42 Å². The van der Waals surface area contributed by atoms with Crippen molar-refractivity contribution in [3.8, 4) is 11.5 Å². The number of nitrogens with one attached hydrogen (secondary N) is 3. The first-order valence-corrected chi connectivity index (χ1v) is 13.9. The molecule has 11 heteroatoms. The van der Waals surface area contributed by atoms with Crippen molar-refractivity contribution in [2.24, 2.45) is 0 Å². The largest absolute Gasteiger partial charge is 0.493 e. The van der Waals surface area contributed by atoms with Crippen molar-refractivity contribution in [2.75, 3.05) is 69.4 Å². The Morgan fingerprint density at radius 1 is 0.951 bits per heavy atom. The van der Waals surface area contributed by atoms with E-state index in [1.54, 1.807) is 31.4 Å². The SMILES string of the molecule is COc1cc2c(Nc3ccc(NC(=O)Nc4ccccc4)c(Cl)c3)ncnc2cc1OCCCN1CCN(C)CC1. The molecule has 1 fully saturated rings. The summed E-state index contributed by atoms with van der Waals surface area (Å²) in [5.74, 6) is 1.85. The van der Waals surface area contributed by atoms with Crippen LogP contribution in [-0.4, -0.2) is 79.3 Å². The molecule has 0 atom stereocenters. The summed E-state index contributed by atoms with van der Waals surface area (Å²) in [6, 6.07) is 17.8. The minimum Gasteiger partial charge on any atom is -0.493 e. The molecule has 0 saturated carbocycles. The Morgan fingerprint density at radius 2 is 1.76 bits per heavy atom. The van der Waals surface area contributed by atoms with Crippen LogP contribution in [0.4, 0.5) is 27.7 Å². The third-order valence-electron chi connectivity index (χ3n) is 6.90. The molecule has 0 unspecified atom stereocenters. The van der Waals surface area contributed by atoms with E-state index in [4.69, 9.17) is 21.1 Å². The molecule has 1 aliphatic heterocycles. The van der Waals surface area contributed by atoms with Crippen LogP contribution in [0.15, 0.2) is 67.0 Å². The van der Waals surface area contributed by atoms with Crippen molar-refractivity contribution in [2.45, 2.75) is 6.42 Å². The van der Waals surface area contributed by atoms with Crippen LogP contribution in [0.25, 0.3) is 10.9 Å². The first kappa shape index (κ1) is 28.4. The number of anilines is 4. The average Bonchev–Trinajstić information content (AvgIpc) is 2.98. The average molecular weight is 576 g/mol. The number of amides is 2. The van der Waals surface area contributed by atoms with Crippen molar-refractivity contribution in [1.82, 2.24) is 19.8 Å². The first-order valence-electron chi connectivity index (χ1n) is 13.5. The number of hydrogen-bond donors (Lipinski definition) is 3. The van der Waals surface area contributed by atoms with Crippen molar-refractivity contribution in [1.29, 1.82) is 0 Å². The Hall–Kier alpha value is -4.12. The van der Waals surface area contributed by atoms with Gasteiger partial charge in [-0.25, -0.2) is 14.8 Å². The van der Waals surface area contributed by atoms with Gasteiger partial charge in [0.05, 0.1) is 29.9 Å². The number of benzene rings is 3. The molecule has 5 rings (SSSR count). The summed E-state index contributed by atoms with van der Waals surface area (Å²) in [7, 11) is 3.78. The molecule has 3 N–H and O–H groups in total. The number of aromatic nitrogens is 2. The Labute approximate surface area is 244 Å². The van der Waals surface area contributed by atoms with Crippen LogP contribution in [0, 0.1) is 0 Å². The van der Waals surface area contributed by atoms with Crippen LogP contribution in [0.3, 0.4) is 0 Å². The lowest BCUT2D eigenvalue weighted by Crippen LogP contribution is -2.44. The second kappa shape index (κ2) is 13.5. The predicted octanol–water partition coefficient (Wildman–Crippen LogP) is 5.70. The molecule has 0 bridgehead atoms. The number of carbonyl (C=O) groups excluding carboxylic acids is 1. The minimum atomic E-state index is -0.384. The topological polar surface area (TPSA) is 104 Å². The molecule has 2 heterocycles. The predicted molar refractivity (Wildman–Crippen MR) is 164 cm³/mol. The number of para-hydroxylation sites is 1. The number of ether oxygens (including phenoxy) is 2. The fourth-order valence-electron chi connectivity index (χ4n) is 4.61. The zero-order valence-electron chi connectivity index (χ0n) is 23.2. The van der Waals surface area contributed by atoms with Crippen LogP contribution in [-0.2, 0) is 0 Å². The van der Waals surface area contributed by atoms with Gasteiger partial charge >= 0.3 is 6.03 Å².